The Hall–Kier alpha value is -2.42. The minimum Gasteiger partial charge on any atom is -0.347 e. The fraction of sp³-hybridized carbons (Fsp3) is 0.500. The minimum atomic E-state index is -0.363. The lowest BCUT2D eigenvalue weighted by atomic mass is 10.0. The number of nitrogens with one attached hydrogen (secondary N) is 1. The summed E-state index contributed by atoms with van der Waals surface area (Å²) < 4.78 is 0. The van der Waals surface area contributed by atoms with Gasteiger partial charge in [0.15, 0.2) is 0 Å². The summed E-state index contributed by atoms with van der Waals surface area (Å²) >= 11 is 0. The first-order valence-electron chi connectivity index (χ1n) is 11.7. The smallest absolute Gasteiger partial charge is 0.220 e. The molecule has 0 aromatic rings. The zero-order valence-electron chi connectivity index (χ0n) is 19.8. The molecule has 0 aliphatic carbocycles. The lowest BCUT2D eigenvalue weighted by Crippen LogP contribution is -2.36. The van der Waals surface area contributed by atoms with E-state index >= 15 is 0 Å². The van der Waals surface area contributed by atoms with Crippen LogP contribution in [0.15, 0.2) is 72.9 Å². The van der Waals surface area contributed by atoms with E-state index in [-0.39, 0.29) is 11.9 Å². The van der Waals surface area contributed by atoms with Gasteiger partial charge in [0.05, 0.1) is 6.04 Å². The molecule has 1 amide bonds. The third-order valence-electron chi connectivity index (χ3n) is 4.37. The van der Waals surface area contributed by atoms with Crippen LogP contribution in [0.25, 0.3) is 0 Å². The van der Waals surface area contributed by atoms with Gasteiger partial charge in [-0.2, -0.15) is 0 Å². The summed E-state index contributed by atoms with van der Waals surface area (Å²) in [5.41, 5.74) is 0. The predicted molar refractivity (Wildman–Crippen MR) is 135 cm³/mol. The Morgan fingerprint density at radius 2 is 1.13 bits per heavy atom. The highest BCUT2D eigenvalue weighted by atomic mass is 16.2. The molecule has 0 bridgehead atoms. The number of carbonyl (C=O) groups is 2. The fourth-order valence-electron chi connectivity index (χ4n) is 2.79. The van der Waals surface area contributed by atoms with Gasteiger partial charge in [-0.25, -0.2) is 0 Å². The van der Waals surface area contributed by atoms with Gasteiger partial charge in [0, 0.05) is 6.42 Å². The first-order valence-corrected chi connectivity index (χ1v) is 11.7. The van der Waals surface area contributed by atoms with Gasteiger partial charge in [0.25, 0.3) is 0 Å². The van der Waals surface area contributed by atoms with Gasteiger partial charge in [-0.3, -0.25) is 4.79 Å². The van der Waals surface area contributed by atoms with Crippen LogP contribution >= 0.6 is 0 Å². The van der Waals surface area contributed by atoms with Crippen LogP contribution in [-0.4, -0.2) is 18.2 Å². The molecule has 0 rings (SSSR count). The molecular weight excluding hydrogens is 382 g/mol. The maximum absolute atomic E-state index is 11.8. The van der Waals surface area contributed by atoms with E-state index in [1.54, 1.807) is 0 Å². The van der Waals surface area contributed by atoms with E-state index in [0.717, 1.165) is 44.8 Å². The highest BCUT2D eigenvalue weighted by Crippen LogP contribution is 2.04. The molecule has 0 aliphatic heterocycles. The van der Waals surface area contributed by atoms with Crippen molar-refractivity contribution < 1.29 is 9.59 Å². The summed E-state index contributed by atoms with van der Waals surface area (Å²) in [7, 11) is 0. The molecule has 31 heavy (non-hydrogen) atoms. The number of aldehydes is 1. The van der Waals surface area contributed by atoms with Crippen molar-refractivity contribution in [2.45, 2.75) is 84.6 Å². The number of allylic oxidation sites excluding steroid dienone is 12. The van der Waals surface area contributed by atoms with Crippen LogP contribution in [0.5, 0.6) is 0 Å². The van der Waals surface area contributed by atoms with Crippen molar-refractivity contribution in [2.24, 2.45) is 5.92 Å². The Balaban J connectivity index is 3.72. The lowest BCUT2D eigenvalue weighted by molar-refractivity contribution is -0.124. The molecule has 0 aromatic heterocycles. The van der Waals surface area contributed by atoms with Crippen molar-refractivity contribution in [2.75, 3.05) is 0 Å². The predicted octanol–water partition coefficient (Wildman–Crippen LogP) is 7.19. The van der Waals surface area contributed by atoms with Gasteiger partial charge in [0.2, 0.25) is 5.91 Å². The maximum Gasteiger partial charge on any atom is 0.220 e. The standard InChI is InChI=1S/C28H43NO2/c1-4-5-6-7-8-9-10-11-12-13-14-15-16-17-18-19-20-21-22-23-28(31)29-27(25-30)24-26(2)3/h5-6,8-9,11-12,14-15,17-18,20-21,25-27H,4,7,10,13,16,19,22-24H2,1-3H3,(H,29,31)/b6-5-,9-8-,12-11-,15-14-,18-17-,21-20-. The van der Waals surface area contributed by atoms with E-state index in [9.17, 15) is 9.59 Å². The van der Waals surface area contributed by atoms with Crippen molar-refractivity contribution in [3.8, 4) is 0 Å². The lowest BCUT2D eigenvalue weighted by Gasteiger charge is -2.14. The normalized spacial score (nSPS) is 13.8. The third kappa shape index (κ3) is 22.1. The van der Waals surface area contributed by atoms with Gasteiger partial charge in [-0.05, 0) is 57.3 Å². The summed E-state index contributed by atoms with van der Waals surface area (Å²) in [5, 5.41) is 2.78. The second kappa shape index (κ2) is 22.3. The van der Waals surface area contributed by atoms with E-state index in [1.807, 2.05) is 19.9 Å². The van der Waals surface area contributed by atoms with Crippen molar-refractivity contribution in [1.82, 2.24) is 5.32 Å². The van der Waals surface area contributed by atoms with Crippen molar-refractivity contribution in [3.05, 3.63) is 72.9 Å². The number of carbonyl (C=O) groups excluding carboxylic acids is 2. The molecule has 1 unspecified atom stereocenters. The molecule has 0 radical (unpaired) electrons. The van der Waals surface area contributed by atoms with Crippen LogP contribution in [0.1, 0.15) is 78.6 Å². The maximum atomic E-state index is 11.8. The quantitative estimate of drug-likeness (QED) is 0.186. The summed E-state index contributed by atoms with van der Waals surface area (Å²) in [6.07, 6.45) is 34.5. The van der Waals surface area contributed by atoms with E-state index < -0.39 is 0 Å². The second-order valence-corrected chi connectivity index (χ2v) is 7.89. The SMILES string of the molecule is CC/C=C\C/C=C\C/C=C\C/C=C\C/C=C\C/C=C\CCC(=O)NC(C=O)CC(C)C. The molecule has 0 saturated heterocycles. The molecule has 172 valence electrons. The van der Waals surface area contributed by atoms with Gasteiger partial charge < -0.3 is 10.1 Å². The van der Waals surface area contributed by atoms with E-state index in [0.29, 0.717) is 25.2 Å². The number of rotatable bonds is 18. The largest absolute Gasteiger partial charge is 0.347 e. The molecule has 0 fully saturated rings. The Morgan fingerprint density at radius 1 is 0.710 bits per heavy atom. The highest BCUT2D eigenvalue weighted by Gasteiger charge is 2.11. The molecule has 0 heterocycles. The average molecular weight is 426 g/mol. The fourth-order valence-corrected chi connectivity index (χ4v) is 2.79. The molecule has 3 nitrogen and oxygen atoms in total. The summed E-state index contributed by atoms with van der Waals surface area (Å²) in [6.45, 7) is 6.23. The van der Waals surface area contributed by atoms with Gasteiger partial charge in [0.1, 0.15) is 6.29 Å². The van der Waals surface area contributed by atoms with Crippen molar-refractivity contribution in [1.29, 1.82) is 0 Å². The Morgan fingerprint density at radius 3 is 1.52 bits per heavy atom. The average Bonchev–Trinajstić information content (AvgIpc) is 2.74. The van der Waals surface area contributed by atoms with Gasteiger partial charge in [-0.1, -0.05) is 93.7 Å². The van der Waals surface area contributed by atoms with Crippen molar-refractivity contribution >= 4 is 12.2 Å². The Bertz CT molecular complexity index is 621. The topological polar surface area (TPSA) is 46.2 Å². The zero-order chi connectivity index (χ0) is 23.0. The molecule has 1 atom stereocenters. The van der Waals surface area contributed by atoms with E-state index in [1.165, 1.54) is 0 Å². The van der Waals surface area contributed by atoms with Gasteiger partial charge in [-0.15, -0.1) is 0 Å². The van der Waals surface area contributed by atoms with Crippen LogP contribution in [-0.2, 0) is 9.59 Å². The molecule has 1 N–H and O–H groups in total. The number of hydrogen-bond donors (Lipinski definition) is 1. The van der Waals surface area contributed by atoms with Crippen LogP contribution < -0.4 is 5.32 Å². The first-order chi connectivity index (χ1) is 15.1. The molecule has 0 aliphatic rings. The monoisotopic (exact) mass is 425 g/mol. The summed E-state index contributed by atoms with van der Waals surface area (Å²) in [6, 6.07) is -0.363. The number of hydrogen-bond acceptors (Lipinski definition) is 2. The van der Waals surface area contributed by atoms with Crippen molar-refractivity contribution in [3.63, 3.8) is 0 Å². The second-order valence-electron chi connectivity index (χ2n) is 7.89. The Labute approximate surface area is 190 Å². The number of amides is 1. The zero-order valence-corrected chi connectivity index (χ0v) is 19.8. The Kier molecular flexibility index (Phi) is 20.5. The molecule has 0 aromatic carbocycles. The van der Waals surface area contributed by atoms with E-state index in [2.05, 4.69) is 79.1 Å². The molecule has 0 spiro atoms. The summed E-state index contributed by atoms with van der Waals surface area (Å²) in [5.74, 6) is 0.330. The highest BCUT2D eigenvalue weighted by molar-refractivity contribution is 5.79. The van der Waals surface area contributed by atoms with E-state index in [4.69, 9.17) is 0 Å². The van der Waals surface area contributed by atoms with Gasteiger partial charge >= 0.3 is 0 Å². The minimum absolute atomic E-state index is 0.0581. The first kappa shape index (κ1) is 28.6. The van der Waals surface area contributed by atoms with Crippen LogP contribution in [0.2, 0.25) is 0 Å². The molecular formula is C28H43NO2. The van der Waals surface area contributed by atoms with Crippen LogP contribution in [0, 0.1) is 5.92 Å². The molecule has 0 saturated carbocycles. The third-order valence-corrected chi connectivity index (χ3v) is 4.37. The van der Waals surface area contributed by atoms with Crippen LogP contribution in [0.4, 0.5) is 0 Å². The van der Waals surface area contributed by atoms with Crippen LogP contribution in [0.3, 0.4) is 0 Å². The summed E-state index contributed by atoms with van der Waals surface area (Å²) in [4.78, 5) is 22.8. The molecule has 3 heteroatoms.